The van der Waals surface area contributed by atoms with E-state index in [9.17, 15) is 19.5 Å². The molecular weight excluding hydrogens is 424 g/mol. The molecule has 0 aliphatic carbocycles. The first kappa shape index (κ1) is 24.0. The summed E-state index contributed by atoms with van der Waals surface area (Å²) in [6, 6.07) is -0.831. The summed E-state index contributed by atoms with van der Waals surface area (Å²) in [4.78, 5) is 44.5. The van der Waals surface area contributed by atoms with E-state index in [4.69, 9.17) is 9.47 Å². The lowest BCUT2D eigenvalue weighted by Crippen LogP contribution is -2.56. The van der Waals surface area contributed by atoms with E-state index < -0.39 is 35.0 Å². The average molecular weight is 461 g/mol. The molecule has 0 aromatic rings. The third-order valence-electron chi connectivity index (χ3n) is 7.57. The Morgan fingerprint density at radius 2 is 1.85 bits per heavy atom. The van der Waals surface area contributed by atoms with E-state index in [-0.39, 0.29) is 25.0 Å². The van der Waals surface area contributed by atoms with Crippen molar-refractivity contribution in [1.82, 2.24) is 9.80 Å². The number of cyclic esters (lactones) is 1. The molecule has 8 nitrogen and oxygen atoms in total. The zero-order chi connectivity index (χ0) is 23.6. The second kappa shape index (κ2) is 9.58. The molecule has 1 spiro atoms. The van der Waals surface area contributed by atoms with Crippen molar-refractivity contribution in [3.63, 3.8) is 0 Å². The van der Waals surface area contributed by atoms with Crippen LogP contribution in [0.25, 0.3) is 0 Å². The van der Waals surface area contributed by atoms with Gasteiger partial charge in [0.25, 0.3) is 0 Å². The van der Waals surface area contributed by atoms with Gasteiger partial charge in [0, 0.05) is 26.2 Å². The minimum absolute atomic E-state index is 0.0208. The quantitative estimate of drug-likeness (QED) is 0.337. The Bertz CT molecular complexity index is 841. The highest BCUT2D eigenvalue weighted by Crippen LogP contribution is 2.58. The molecule has 2 saturated heterocycles. The minimum atomic E-state index is -1.22. The van der Waals surface area contributed by atoms with Crippen molar-refractivity contribution in [2.45, 2.75) is 69.6 Å². The molecule has 0 aromatic carbocycles. The molecule has 0 saturated carbocycles. The maximum atomic E-state index is 13.9. The molecule has 0 radical (unpaired) electrons. The van der Waals surface area contributed by atoms with Crippen LogP contribution < -0.4 is 0 Å². The summed E-state index contributed by atoms with van der Waals surface area (Å²) in [6.07, 6.45) is 11.7. The maximum absolute atomic E-state index is 13.9. The molecule has 0 bridgehead atoms. The predicted molar refractivity (Wildman–Crippen MR) is 121 cm³/mol. The highest BCUT2D eigenvalue weighted by molar-refractivity contribution is 5.99. The van der Waals surface area contributed by atoms with Crippen molar-refractivity contribution < 1.29 is 29.0 Å². The summed E-state index contributed by atoms with van der Waals surface area (Å²) in [5.41, 5.74) is -2.21. The van der Waals surface area contributed by atoms with Crippen LogP contribution in [0, 0.1) is 11.8 Å². The molecule has 4 aliphatic heterocycles. The SMILES string of the molecule is CCCCN1CC=C[C@]23O[C@@]4(CC)C=CCCOC(=O)[C@H]4[C@H]2C(=O)N(CCCCO)C3C1=O. The number of carbonyl (C=O) groups is 3. The molecule has 4 aliphatic rings. The van der Waals surface area contributed by atoms with Gasteiger partial charge in [0.1, 0.15) is 23.2 Å². The molecule has 2 amide bonds. The number of aliphatic hydroxyl groups excluding tert-OH is 1. The van der Waals surface area contributed by atoms with E-state index in [2.05, 4.69) is 6.92 Å². The van der Waals surface area contributed by atoms with Gasteiger partial charge in [-0.15, -0.1) is 0 Å². The number of rotatable bonds is 8. The average Bonchev–Trinajstić information content (AvgIpc) is 3.14. The molecule has 5 atom stereocenters. The first-order chi connectivity index (χ1) is 16.0. The first-order valence-corrected chi connectivity index (χ1v) is 12.4. The number of likely N-dealkylation sites (tertiary alicyclic amines) is 1. The van der Waals surface area contributed by atoms with Crippen LogP contribution in [0.1, 0.15) is 52.4 Å². The molecule has 1 N–H and O–H groups in total. The van der Waals surface area contributed by atoms with Crippen LogP contribution >= 0.6 is 0 Å². The van der Waals surface area contributed by atoms with Gasteiger partial charge in [-0.05, 0) is 32.1 Å². The molecule has 33 heavy (non-hydrogen) atoms. The number of fused-ring (bicyclic) bond motifs is 2. The Hall–Kier alpha value is -2.19. The van der Waals surface area contributed by atoms with E-state index >= 15 is 0 Å². The van der Waals surface area contributed by atoms with Gasteiger partial charge in [0.15, 0.2) is 0 Å². The number of hydrogen-bond donors (Lipinski definition) is 1. The van der Waals surface area contributed by atoms with Crippen LogP contribution in [0.2, 0.25) is 0 Å². The van der Waals surface area contributed by atoms with E-state index in [1.54, 1.807) is 9.80 Å². The summed E-state index contributed by atoms with van der Waals surface area (Å²) >= 11 is 0. The lowest BCUT2D eigenvalue weighted by atomic mass is 9.73. The number of ether oxygens (including phenoxy) is 2. The standard InChI is InChI=1S/C25H36N2O6/c1-3-5-13-26-14-10-12-25-18(21(29)27(15-7-8-16-28)20(25)22(26)30)19-23(31)32-17-9-6-11-24(19,4-2)33-25/h6,10-12,18-20,28H,3-5,7-9,13-17H2,1-2H3/t18-,19+,20?,24-,25-/m0/s1. The number of unbranched alkanes of at least 4 members (excludes halogenated alkanes) is 2. The Kier molecular flexibility index (Phi) is 6.96. The van der Waals surface area contributed by atoms with Crippen LogP contribution in [-0.4, -0.2) is 82.8 Å². The van der Waals surface area contributed by atoms with Crippen molar-refractivity contribution in [2.75, 3.05) is 32.8 Å². The lowest BCUT2D eigenvalue weighted by molar-refractivity contribution is -0.161. The summed E-state index contributed by atoms with van der Waals surface area (Å²) in [5, 5.41) is 9.26. The van der Waals surface area contributed by atoms with Gasteiger partial charge in [-0.2, -0.15) is 0 Å². The molecule has 0 aromatic heterocycles. The molecule has 182 valence electrons. The fourth-order valence-corrected chi connectivity index (χ4v) is 5.96. The van der Waals surface area contributed by atoms with Crippen molar-refractivity contribution in [3.05, 3.63) is 24.3 Å². The Balaban J connectivity index is 1.81. The van der Waals surface area contributed by atoms with Gasteiger partial charge < -0.3 is 24.4 Å². The Labute approximate surface area is 195 Å². The highest BCUT2D eigenvalue weighted by Gasteiger charge is 2.75. The normalized spacial score (nSPS) is 35.6. The fourth-order valence-electron chi connectivity index (χ4n) is 5.96. The van der Waals surface area contributed by atoms with Gasteiger partial charge in [-0.3, -0.25) is 14.4 Å². The monoisotopic (exact) mass is 460 g/mol. The summed E-state index contributed by atoms with van der Waals surface area (Å²) < 4.78 is 12.3. The molecule has 4 rings (SSSR count). The van der Waals surface area contributed by atoms with Gasteiger partial charge in [-0.25, -0.2) is 0 Å². The van der Waals surface area contributed by atoms with Crippen LogP contribution in [0.3, 0.4) is 0 Å². The number of esters is 1. The van der Waals surface area contributed by atoms with E-state index in [1.807, 2.05) is 31.2 Å². The van der Waals surface area contributed by atoms with Crippen LogP contribution in [0.4, 0.5) is 0 Å². The van der Waals surface area contributed by atoms with Gasteiger partial charge in [0.2, 0.25) is 11.8 Å². The molecule has 8 heteroatoms. The molecular formula is C25H36N2O6. The van der Waals surface area contributed by atoms with Crippen molar-refractivity contribution in [2.24, 2.45) is 11.8 Å². The minimum Gasteiger partial charge on any atom is -0.465 e. The van der Waals surface area contributed by atoms with Gasteiger partial charge in [0.05, 0.1) is 12.5 Å². The van der Waals surface area contributed by atoms with E-state index in [1.165, 1.54) is 0 Å². The summed E-state index contributed by atoms with van der Waals surface area (Å²) in [5.74, 6) is -2.43. The third-order valence-corrected chi connectivity index (χ3v) is 7.57. The van der Waals surface area contributed by atoms with Crippen molar-refractivity contribution in [1.29, 1.82) is 0 Å². The fraction of sp³-hybridized carbons (Fsp3) is 0.720. The largest absolute Gasteiger partial charge is 0.465 e. The second-order valence-electron chi connectivity index (χ2n) is 9.48. The predicted octanol–water partition coefficient (Wildman–Crippen LogP) is 1.82. The van der Waals surface area contributed by atoms with Crippen molar-refractivity contribution >= 4 is 17.8 Å². The number of aliphatic hydroxyl groups is 1. The zero-order valence-corrected chi connectivity index (χ0v) is 19.7. The van der Waals surface area contributed by atoms with Gasteiger partial charge >= 0.3 is 5.97 Å². The van der Waals surface area contributed by atoms with Gasteiger partial charge in [-0.1, -0.05) is 44.6 Å². The lowest BCUT2D eigenvalue weighted by Gasteiger charge is -2.38. The third kappa shape index (κ3) is 3.81. The van der Waals surface area contributed by atoms with Crippen LogP contribution in [-0.2, 0) is 23.9 Å². The van der Waals surface area contributed by atoms with E-state index in [0.29, 0.717) is 45.3 Å². The molecule has 4 heterocycles. The number of nitrogens with zero attached hydrogens (tertiary/aromatic N) is 2. The Morgan fingerprint density at radius 1 is 1.03 bits per heavy atom. The first-order valence-electron chi connectivity index (χ1n) is 12.4. The maximum Gasteiger partial charge on any atom is 0.313 e. The topological polar surface area (TPSA) is 96.4 Å². The highest BCUT2D eigenvalue weighted by atomic mass is 16.6. The van der Waals surface area contributed by atoms with Crippen LogP contribution in [0.15, 0.2) is 24.3 Å². The number of hydrogen-bond acceptors (Lipinski definition) is 6. The zero-order valence-electron chi connectivity index (χ0n) is 19.7. The van der Waals surface area contributed by atoms with Crippen molar-refractivity contribution in [3.8, 4) is 0 Å². The van der Waals surface area contributed by atoms with Crippen LogP contribution in [0.5, 0.6) is 0 Å². The summed E-state index contributed by atoms with van der Waals surface area (Å²) in [6.45, 7) is 5.71. The second-order valence-corrected chi connectivity index (χ2v) is 9.48. The number of carbonyl (C=O) groups excluding carboxylic acids is 3. The van der Waals surface area contributed by atoms with E-state index in [0.717, 1.165) is 12.8 Å². The molecule has 1 unspecified atom stereocenters. The molecule has 2 fully saturated rings. The smallest absolute Gasteiger partial charge is 0.313 e. The summed E-state index contributed by atoms with van der Waals surface area (Å²) in [7, 11) is 0. The number of amides is 2. The Morgan fingerprint density at radius 3 is 2.58 bits per heavy atom.